The van der Waals surface area contributed by atoms with Crippen molar-refractivity contribution in [2.24, 2.45) is 11.7 Å². The Balaban J connectivity index is 2.31. The molecule has 4 heteroatoms. The van der Waals surface area contributed by atoms with Crippen LogP contribution in [0.15, 0.2) is 36.8 Å². The minimum absolute atomic E-state index is 0.309. The van der Waals surface area contributed by atoms with Gasteiger partial charge in [-0.15, -0.1) is 0 Å². The van der Waals surface area contributed by atoms with Gasteiger partial charge in [0.05, 0.1) is 12.9 Å². The average Bonchev–Trinajstić information content (AvgIpc) is 2.89. The van der Waals surface area contributed by atoms with Crippen LogP contribution >= 0.6 is 0 Å². The molecule has 1 unspecified atom stereocenters. The van der Waals surface area contributed by atoms with Crippen LogP contribution in [0.3, 0.4) is 0 Å². The number of nitrogens with zero attached hydrogens (tertiary/aromatic N) is 2. The summed E-state index contributed by atoms with van der Waals surface area (Å²) in [6, 6.07) is 8.05. The summed E-state index contributed by atoms with van der Waals surface area (Å²) < 4.78 is 7.57. The van der Waals surface area contributed by atoms with Crippen molar-refractivity contribution in [1.82, 2.24) is 9.55 Å². The minimum Gasteiger partial charge on any atom is -0.494 e. The predicted octanol–water partition coefficient (Wildman–Crippen LogP) is 2.97. The Kier molecular flexibility index (Phi) is 4.79. The van der Waals surface area contributed by atoms with Gasteiger partial charge in [-0.1, -0.05) is 13.8 Å². The van der Waals surface area contributed by atoms with E-state index in [2.05, 4.69) is 23.4 Å². The van der Waals surface area contributed by atoms with Crippen LogP contribution in [0, 0.1) is 5.92 Å². The zero-order chi connectivity index (χ0) is 14.5. The summed E-state index contributed by atoms with van der Waals surface area (Å²) in [4.78, 5) is 4.28. The van der Waals surface area contributed by atoms with E-state index in [1.807, 2.05) is 43.7 Å². The van der Waals surface area contributed by atoms with Crippen LogP contribution in [0.5, 0.6) is 5.75 Å². The molecule has 0 fully saturated rings. The van der Waals surface area contributed by atoms with E-state index in [0.29, 0.717) is 25.0 Å². The molecule has 1 aromatic carbocycles. The van der Waals surface area contributed by atoms with E-state index in [0.717, 1.165) is 17.1 Å². The number of nitrogens with two attached hydrogens (primary N) is 1. The maximum Gasteiger partial charge on any atom is 0.119 e. The van der Waals surface area contributed by atoms with Gasteiger partial charge in [0.2, 0.25) is 0 Å². The first-order valence-electron chi connectivity index (χ1n) is 7.12. The summed E-state index contributed by atoms with van der Waals surface area (Å²) in [6.45, 7) is 7.66. The van der Waals surface area contributed by atoms with Gasteiger partial charge >= 0.3 is 0 Å². The fourth-order valence-corrected chi connectivity index (χ4v) is 2.40. The van der Waals surface area contributed by atoms with Crippen molar-refractivity contribution in [2.75, 3.05) is 13.2 Å². The molecule has 0 aliphatic heterocycles. The van der Waals surface area contributed by atoms with Gasteiger partial charge in [0.25, 0.3) is 0 Å². The molecule has 4 nitrogen and oxygen atoms in total. The lowest BCUT2D eigenvalue weighted by atomic mass is 9.93. The standard InChI is InChI=1S/C16H23N3O/c1-4-20-14-7-5-13(6-8-14)19-11-18-10-16(19)15(9-17)12(2)3/h5-8,10-12,15H,4,9,17H2,1-3H3. The van der Waals surface area contributed by atoms with Crippen LogP contribution in [0.2, 0.25) is 0 Å². The first kappa shape index (κ1) is 14.6. The third kappa shape index (κ3) is 3.02. The third-order valence-electron chi connectivity index (χ3n) is 3.53. The summed E-state index contributed by atoms with van der Waals surface area (Å²) in [7, 11) is 0. The highest BCUT2D eigenvalue weighted by Gasteiger charge is 2.18. The van der Waals surface area contributed by atoms with Crippen molar-refractivity contribution in [3.63, 3.8) is 0 Å². The fraction of sp³-hybridized carbons (Fsp3) is 0.438. The van der Waals surface area contributed by atoms with Gasteiger partial charge in [-0.25, -0.2) is 4.98 Å². The minimum atomic E-state index is 0.309. The molecule has 1 aromatic heterocycles. The van der Waals surface area contributed by atoms with Crippen LogP contribution in [0.4, 0.5) is 0 Å². The monoisotopic (exact) mass is 273 g/mol. The molecule has 108 valence electrons. The van der Waals surface area contributed by atoms with Gasteiger partial charge < -0.3 is 15.0 Å². The number of imidazole rings is 1. The molecule has 1 atom stereocenters. The Morgan fingerprint density at radius 2 is 1.95 bits per heavy atom. The summed E-state index contributed by atoms with van der Waals surface area (Å²) >= 11 is 0. The van der Waals surface area contributed by atoms with Crippen LogP contribution in [0.25, 0.3) is 5.69 Å². The molecule has 0 saturated carbocycles. The second-order valence-electron chi connectivity index (χ2n) is 5.20. The quantitative estimate of drug-likeness (QED) is 0.880. The molecule has 0 bridgehead atoms. The second kappa shape index (κ2) is 6.57. The van der Waals surface area contributed by atoms with E-state index in [-0.39, 0.29) is 0 Å². The van der Waals surface area contributed by atoms with Gasteiger partial charge in [0.1, 0.15) is 5.75 Å². The highest BCUT2D eigenvalue weighted by atomic mass is 16.5. The van der Waals surface area contributed by atoms with Crippen molar-refractivity contribution >= 4 is 0 Å². The largest absolute Gasteiger partial charge is 0.494 e. The zero-order valence-corrected chi connectivity index (χ0v) is 12.4. The smallest absolute Gasteiger partial charge is 0.119 e. The van der Waals surface area contributed by atoms with E-state index in [1.54, 1.807) is 0 Å². The van der Waals surface area contributed by atoms with E-state index in [9.17, 15) is 0 Å². The van der Waals surface area contributed by atoms with Gasteiger partial charge in [0.15, 0.2) is 0 Å². The number of aromatic nitrogens is 2. The summed E-state index contributed by atoms with van der Waals surface area (Å²) in [5.41, 5.74) is 8.16. The summed E-state index contributed by atoms with van der Waals surface area (Å²) in [5, 5.41) is 0. The van der Waals surface area contributed by atoms with E-state index < -0.39 is 0 Å². The van der Waals surface area contributed by atoms with E-state index >= 15 is 0 Å². The third-order valence-corrected chi connectivity index (χ3v) is 3.53. The maximum absolute atomic E-state index is 5.91. The fourth-order valence-electron chi connectivity index (χ4n) is 2.40. The number of benzene rings is 1. The molecule has 1 heterocycles. The molecule has 2 aromatic rings. The molecule has 2 N–H and O–H groups in total. The normalized spacial score (nSPS) is 12.7. The van der Waals surface area contributed by atoms with Crippen LogP contribution in [-0.2, 0) is 0 Å². The van der Waals surface area contributed by atoms with Crippen molar-refractivity contribution in [2.45, 2.75) is 26.7 Å². The second-order valence-corrected chi connectivity index (χ2v) is 5.20. The van der Waals surface area contributed by atoms with Gasteiger partial charge in [-0.3, -0.25) is 0 Å². The Labute approximate surface area is 120 Å². The predicted molar refractivity (Wildman–Crippen MR) is 81.4 cm³/mol. The Bertz CT molecular complexity index is 531. The number of ether oxygens (including phenoxy) is 1. The SMILES string of the molecule is CCOc1ccc(-n2cncc2C(CN)C(C)C)cc1. The molecule has 0 saturated heterocycles. The van der Waals surface area contributed by atoms with Crippen molar-refractivity contribution in [3.8, 4) is 11.4 Å². The van der Waals surface area contributed by atoms with E-state index in [1.165, 1.54) is 0 Å². The van der Waals surface area contributed by atoms with Crippen LogP contribution in [0.1, 0.15) is 32.4 Å². The Morgan fingerprint density at radius 1 is 1.25 bits per heavy atom. The lowest BCUT2D eigenvalue weighted by molar-refractivity contribution is 0.340. The summed E-state index contributed by atoms with van der Waals surface area (Å²) in [5.74, 6) is 1.68. The highest BCUT2D eigenvalue weighted by Crippen LogP contribution is 2.26. The van der Waals surface area contributed by atoms with Crippen molar-refractivity contribution < 1.29 is 4.74 Å². The van der Waals surface area contributed by atoms with Crippen molar-refractivity contribution in [1.29, 1.82) is 0 Å². The molecule has 0 amide bonds. The average molecular weight is 273 g/mol. The lowest BCUT2D eigenvalue weighted by Crippen LogP contribution is -2.20. The molecule has 0 aliphatic carbocycles. The molecular formula is C16H23N3O. The van der Waals surface area contributed by atoms with Gasteiger partial charge in [-0.05, 0) is 37.1 Å². The highest BCUT2D eigenvalue weighted by molar-refractivity contribution is 5.39. The number of rotatable bonds is 6. The summed E-state index contributed by atoms with van der Waals surface area (Å²) in [6.07, 6.45) is 3.75. The zero-order valence-electron chi connectivity index (χ0n) is 12.4. The van der Waals surface area contributed by atoms with Gasteiger partial charge in [-0.2, -0.15) is 0 Å². The topological polar surface area (TPSA) is 53.1 Å². The van der Waals surface area contributed by atoms with E-state index in [4.69, 9.17) is 10.5 Å². The number of hydrogen-bond acceptors (Lipinski definition) is 3. The van der Waals surface area contributed by atoms with Crippen molar-refractivity contribution in [3.05, 3.63) is 42.5 Å². The molecule has 2 rings (SSSR count). The lowest BCUT2D eigenvalue weighted by Gasteiger charge is -2.20. The Hall–Kier alpha value is -1.81. The molecule has 20 heavy (non-hydrogen) atoms. The van der Waals surface area contributed by atoms with Crippen LogP contribution < -0.4 is 10.5 Å². The first-order valence-corrected chi connectivity index (χ1v) is 7.12. The number of hydrogen-bond donors (Lipinski definition) is 1. The molecule has 0 aliphatic rings. The Morgan fingerprint density at radius 3 is 2.50 bits per heavy atom. The molecular weight excluding hydrogens is 250 g/mol. The maximum atomic E-state index is 5.91. The van der Waals surface area contributed by atoms with Crippen LogP contribution in [-0.4, -0.2) is 22.7 Å². The molecule has 0 radical (unpaired) electrons. The first-order chi connectivity index (χ1) is 9.67. The molecule has 0 spiro atoms. The van der Waals surface area contributed by atoms with Gasteiger partial charge in [0, 0.05) is 30.0 Å².